The van der Waals surface area contributed by atoms with Crippen LogP contribution in [0.25, 0.3) is 0 Å². The fourth-order valence-electron chi connectivity index (χ4n) is 1.67. The number of aromatic nitrogens is 1. The van der Waals surface area contributed by atoms with Crippen LogP contribution in [0, 0.1) is 10.1 Å². The Hall–Kier alpha value is -2.83. The Morgan fingerprint density at radius 2 is 2.05 bits per heavy atom. The lowest BCUT2D eigenvalue weighted by atomic mass is 10.3. The predicted molar refractivity (Wildman–Crippen MR) is 75.3 cm³/mol. The molecule has 2 rings (SSSR count). The van der Waals surface area contributed by atoms with Crippen LogP contribution in [0.3, 0.4) is 0 Å². The van der Waals surface area contributed by atoms with Crippen LogP contribution in [0.5, 0.6) is 5.75 Å². The summed E-state index contributed by atoms with van der Waals surface area (Å²) < 4.78 is 6.25. The maximum absolute atomic E-state index is 10.7. The van der Waals surface area contributed by atoms with Gasteiger partial charge in [-0.3, -0.25) is 15.1 Å². The minimum atomic E-state index is -0.530. The fraction of sp³-hybridized carbons (Fsp3) is 0.214. The van der Waals surface area contributed by atoms with Crippen molar-refractivity contribution >= 4 is 5.69 Å². The molecule has 7 heteroatoms. The molecule has 1 heterocycles. The highest BCUT2D eigenvalue weighted by Crippen LogP contribution is 2.08. The highest BCUT2D eigenvalue weighted by atomic mass is 16.6. The molecule has 0 unspecified atom stereocenters. The molecule has 0 spiro atoms. The summed E-state index contributed by atoms with van der Waals surface area (Å²) in [5.41, 5.74) is 0.0310. The van der Waals surface area contributed by atoms with E-state index in [4.69, 9.17) is 4.74 Å². The van der Waals surface area contributed by atoms with Gasteiger partial charge in [-0.05, 0) is 12.1 Å². The van der Waals surface area contributed by atoms with Gasteiger partial charge in [-0.2, -0.15) is 4.73 Å². The number of para-hydroxylation sites is 1. The predicted octanol–water partition coefficient (Wildman–Crippen LogP) is 2.00. The standard InChI is InChI=1S/C14H15N3O4/c18-16-9-7-12(17(19)20)11-14(16)15-8-4-10-21-13-5-2-1-3-6-13/h1-3,5-7,9,11,18H,4,8,10H2. The minimum absolute atomic E-state index is 0.111. The quantitative estimate of drug-likeness (QED) is 0.381. The van der Waals surface area contributed by atoms with Crippen molar-refractivity contribution in [2.24, 2.45) is 4.99 Å². The first-order valence-corrected chi connectivity index (χ1v) is 6.41. The average Bonchev–Trinajstić information content (AvgIpc) is 2.49. The Bertz CT molecular complexity index is 667. The molecule has 2 aromatic rings. The van der Waals surface area contributed by atoms with Crippen molar-refractivity contribution in [2.75, 3.05) is 13.2 Å². The van der Waals surface area contributed by atoms with Gasteiger partial charge >= 0.3 is 0 Å². The molecule has 7 nitrogen and oxygen atoms in total. The van der Waals surface area contributed by atoms with Gasteiger partial charge in [-0.1, -0.05) is 18.2 Å². The van der Waals surface area contributed by atoms with E-state index in [-0.39, 0.29) is 11.2 Å². The number of benzene rings is 1. The van der Waals surface area contributed by atoms with E-state index in [9.17, 15) is 15.3 Å². The molecule has 1 aromatic heterocycles. The van der Waals surface area contributed by atoms with E-state index < -0.39 is 4.92 Å². The Balaban J connectivity index is 1.89. The van der Waals surface area contributed by atoms with Crippen LogP contribution in [-0.2, 0) is 0 Å². The Labute approximate surface area is 120 Å². The van der Waals surface area contributed by atoms with Gasteiger partial charge in [-0.15, -0.1) is 0 Å². The van der Waals surface area contributed by atoms with E-state index in [0.29, 0.717) is 19.6 Å². The molecule has 0 saturated heterocycles. The maximum atomic E-state index is 10.7. The molecule has 0 atom stereocenters. The number of nitrogens with zero attached hydrogens (tertiary/aromatic N) is 3. The molecular formula is C14H15N3O4. The van der Waals surface area contributed by atoms with Crippen molar-refractivity contribution in [3.63, 3.8) is 0 Å². The highest BCUT2D eigenvalue weighted by Gasteiger charge is 2.05. The van der Waals surface area contributed by atoms with Gasteiger partial charge in [-0.25, -0.2) is 0 Å². The zero-order valence-corrected chi connectivity index (χ0v) is 11.3. The van der Waals surface area contributed by atoms with Gasteiger partial charge in [0.05, 0.1) is 23.8 Å². The summed E-state index contributed by atoms with van der Waals surface area (Å²) in [4.78, 5) is 14.2. The van der Waals surface area contributed by atoms with Crippen molar-refractivity contribution in [1.29, 1.82) is 0 Å². The van der Waals surface area contributed by atoms with E-state index in [1.54, 1.807) is 0 Å². The number of hydrogen-bond donors (Lipinski definition) is 1. The van der Waals surface area contributed by atoms with Crippen molar-refractivity contribution in [2.45, 2.75) is 6.42 Å². The number of rotatable bonds is 6. The molecule has 0 fully saturated rings. The molecule has 1 aromatic carbocycles. The van der Waals surface area contributed by atoms with Crippen molar-refractivity contribution in [3.8, 4) is 5.75 Å². The number of hydrogen-bond acceptors (Lipinski definition) is 5. The topological polar surface area (TPSA) is 89.9 Å². The van der Waals surface area contributed by atoms with Crippen molar-refractivity contribution in [1.82, 2.24) is 4.73 Å². The third-order valence-electron chi connectivity index (χ3n) is 2.70. The van der Waals surface area contributed by atoms with Crippen LogP contribution in [0.2, 0.25) is 0 Å². The van der Waals surface area contributed by atoms with Gasteiger partial charge in [0.1, 0.15) is 5.75 Å². The van der Waals surface area contributed by atoms with Gasteiger partial charge in [0.15, 0.2) is 5.49 Å². The smallest absolute Gasteiger partial charge is 0.274 e. The van der Waals surface area contributed by atoms with Gasteiger partial charge in [0.2, 0.25) is 0 Å². The second kappa shape index (κ2) is 7.09. The molecule has 0 amide bonds. The lowest BCUT2D eigenvalue weighted by Gasteiger charge is -2.04. The van der Waals surface area contributed by atoms with Gasteiger partial charge < -0.3 is 9.94 Å². The first-order chi connectivity index (χ1) is 10.2. The zero-order valence-electron chi connectivity index (χ0n) is 11.3. The average molecular weight is 289 g/mol. The van der Waals surface area contributed by atoms with Crippen LogP contribution in [0.4, 0.5) is 5.69 Å². The monoisotopic (exact) mass is 289 g/mol. The fourth-order valence-corrected chi connectivity index (χ4v) is 1.67. The Morgan fingerprint density at radius 1 is 1.29 bits per heavy atom. The molecule has 21 heavy (non-hydrogen) atoms. The second-order valence-corrected chi connectivity index (χ2v) is 4.24. The summed E-state index contributed by atoms with van der Waals surface area (Å²) in [6.07, 6.45) is 1.83. The molecule has 1 N–H and O–H groups in total. The van der Waals surface area contributed by atoms with Crippen LogP contribution >= 0.6 is 0 Å². The first-order valence-electron chi connectivity index (χ1n) is 6.41. The van der Waals surface area contributed by atoms with Crippen LogP contribution in [0.15, 0.2) is 53.7 Å². The second-order valence-electron chi connectivity index (χ2n) is 4.24. The third-order valence-corrected chi connectivity index (χ3v) is 2.70. The lowest BCUT2D eigenvalue weighted by Crippen LogP contribution is -2.19. The molecule has 110 valence electrons. The summed E-state index contributed by atoms with van der Waals surface area (Å²) in [7, 11) is 0. The van der Waals surface area contributed by atoms with E-state index in [1.807, 2.05) is 30.3 Å². The Morgan fingerprint density at radius 3 is 2.76 bits per heavy atom. The highest BCUT2D eigenvalue weighted by molar-refractivity contribution is 5.25. The molecular weight excluding hydrogens is 274 g/mol. The van der Waals surface area contributed by atoms with E-state index >= 15 is 0 Å². The summed E-state index contributed by atoms with van der Waals surface area (Å²) in [6, 6.07) is 11.8. The summed E-state index contributed by atoms with van der Waals surface area (Å²) in [5.74, 6) is 0.782. The minimum Gasteiger partial charge on any atom is -0.494 e. The molecule has 0 radical (unpaired) electrons. The zero-order chi connectivity index (χ0) is 15.1. The normalized spacial score (nSPS) is 11.3. The van der Waals surface area contributed by atoms with Gasteiger partial charge in [0.25, 0.3) is 5.69 Å². The van der Waals surface area contributed by atoms with E-state index in [0.717, 1.165) is 10.5 Å². The summed E-state index contributed by atoms with van der Waals surface area (Å²) >= 11 is 0. The maximum Gasteiger partial charge on any atom is 0.274 e. The number of pyridine rings is 1. The molecule has 0 saturated carbocycles. The first kappa shape index (κ1) is 14.6. The van der Waals surface area contributed by atoms with E-state index in [2.05, 4.69) is 4.99 Å². The van der Waals surface area contributed by atoms with Gasteiger partial charge in [0, 0.05) is 19.0 Å². The number of nitro groups is 1. The Kier molecular flexibility index (Phi) is 4.92. The largest absolute Gasteiger partial charge is 0.494 e. The molecule has 0 aliphatic carbocycles. The van der Waals surface area contributed by atoms with Crippen LogP contribution in [-0.4, -0.2) is 28.0 Å². The molecule has 0 bridgehead atoms. The molecule has 0 aliphatic heterocycles. The lowest BCUT2D eigenvalue weighted by molar-refractivity contribution is -0.385. The summed E-state index contributed by atoms with van der Waals surface area (Å²) in [6.45, 7) is 0.877. The van der Waals surface area contributed by atoms with Crippen molar-refractivity contribution in [3.05, 3.63) is 64.3 Å². The van der Waals surface area contributed by atoms with Crippen molar-refractivity contribution < 1.29 is 14.9 Å². The molecule has 0 aliphatic rings. The van der Waals surface area contributed by atoms with E-state index in [1.165, 1.54) is 18.3 Å². The van der Waals surface area contributed by atoms with Crippen LogP contribution < -0.4 is 10.2 Å². The third kappa shape index (κ3) is 4.34. The summed E-state index contributed by atoms with van der Waals surface area (Å²) in [5, 5.41) is 20.2. The number of ether oxygens (including phenoxy) is 1. The van der Waals surface area contributed by atoms with Crippen LogP contribution in [0.1, 0.15) is 6.42 Å². The SMILES string of the molecule is O=[N+]([O-])c1ccn(O)c(=NCCCOc2ccccc2)c1.